The highest BCUT2D eigenvalue weighted by atomic mass is 16.4. The van der Waals surface area contributed by atoms with Crippen molar-refractivity contribution in [3.63, 3.8) is 0 Å². The standard InChI is InChI=1S/C25H23NO7/c1-12-11-32-22-14(3)23-19(10-18(12)22)13(2)17(25(31)33-23)8-9-20(28)26-21(24(29)30)15-4-6-16(27)7-5-15/h4-7,10-11,21,27H,8-9H2,1-3H3,(H,26,28)(H,29,30)/t21-/m1/s1. The van der Waals surface area contributed by atoms with Gasteiger partial charge in [-0.2, -0.15) is 0 Å². The second-order valence-corrected chi connectivity index (χ2v) is 8.10. The van der Waals surface area contributed by atoms with Crippen LogP contribution in [-0.2, 0) is 16.0 Å². The summed E-state index contributed by atoms with van der Waals surface area (Å²) in [7, 11) is 0. The van der Waals surface area contributed by atoms with Crippen molar-refractivity contribution in [3.8, 4) is 5.75 Å². The molecule has 1 amide bonds. The smallest absolute Gasteiger partial charge is 0.339 e. The van der Waals surface area contributed by atoms with Gasteiger partial charge in [-0.05, 0) is 62.1 Å². The zero-order valence-corrected chi connectivity index (χ0v) is 18.4. The number of phenols is 1. The van der Waals surface area contributed by atoms with E-state index in [1.165, 1.54) is 24.3 Å². The van der Waals surface area contributed by atoms with Gasteiger partial charge >= 0.3 is 11.6 Å². The van der Waals surface area contributed by atoms with E-state index in [1.54, 1.807) is 6.26 Å². The summed E-state index contributed by atoms with van der Waals surface area (Å²) in [6.45, 7) is 5.58. The highest BCUT2D eigenvalue weighted by molar-refractivity contribution is 5.99. The molecule has 8 nitrogen and oxygen atoms in total. The second-order valence-electron chi connectivity index (χ2n) is 8.10. The number of carbonyl (C=O) groups excluding carboxylic acids is 1. The molecule has 0 saturated heterocycles. The van der Waals surface area contributed by atoms with E-state index >= 15 is 0 Å². The van der Waals surface area contributed by atoms with E-state index in [1.807, 2.05) is 26.8 Å². The van der Waals surface area contributed by atoms with Crippen LogP contribution in [0, 0.1) is 20.8 Å². The van der Waals surface area contributed by atoms with Crippen molar-refractivity contribution in [1.29, 1.82) is 0 Å². The largest absolute Gasteiger partial charge is 0.508 e. The van der Waals surface area contributed by atoms with Crippen molar-refractivity contribution in [2.24, 2.45) is 0 Å². The molecule has 0 aliphatic heterocycles. The Morgan fingerprint density at radius 1 is 1.03 bits per heavy atom. The van der Waals surface area contributed by atoms with Gasteiger partial charge in [-0.1, -0.05) is 12.1 Å². The van der Waals surface area contributed by atoms with Crippen LogP contribution in [0.1, 0.15) is 40.3 Å². The topological polar surface area (TPSA) is 130 Å². The number of carboxylic acid groups (broad SMARTS) is 1. The molecule has 0 bridgehead atoms. The lowest BCUT2D eigenvalue weighted by Gasteiger charge is -2.15. The van der Waals surface area contributed by atoms with E-state index < -0.39 is 23.5 Å². The molecule has 4 aromatic rings. The molecule has 0 radical (unpaired) electrons. The van der Waals surface area contributed by atoms with Gasteiger partial charge in [0.15, 0.2) is 6.04 Å². The van der Waals surface area contributed by atoms with Crippen molar-refractivity contribution in [2.45, 2.75) is 39.7 Å². The number of amides is 1. The fourth-order valence-corrected chi connectivity index (χ4v) is 4.03. The number of furan rings is 1. The fraction of sp³-hybridized carbons (Fsp3) is 0.240. The summed E-state index contributed by atoms with van der Waals surface area (Å²) in [6.07, 6.45) is 1.66. The fourth-order valence-electron chi connectivity index (χ4n) is 4.03. The summed E-state index contributed by atoms with van der Waals surface area (Å²) in [5.41, 5.74) is 3.70. The first-order chi connectivity index (χ1) is 15.7. The number of aromatic hydroxyl groups is 1. The third-order valence-corrected chi connectivity index (χ3v) is 5.92. The molecule has 8 heteroatoms. The number of hydrogen-bond donors (Lipinski definition) is 3. The molecule has 1 atom stereocenters. The van der Waals surface area contributed by atoms with E-state index in [0.29, 0.717) is 27.9 Å². The normalized spacial score (nSPS) is 12.2. The predicted octanol–water partition coefficient (Wildman–Crippen LogP) is 4.04. The molecule has 0 unspecified atom stereocenters. The third kappa shape index (κ3) is 4.07. The maximum absolute atomic E-state index is 12.7. The number of nitrogens with one attached hydrogen (secondary N) is 1. The summed E-state index contributed by atoms with van der Waals surface area (Å²) in [5, 5.41) is 23.1. The molecular weight excluding hydrogens is 426 g/mol. The predicted molar refractivity (Wildman–Crippen MR) is 121 cm³/mol. The Morgan fingerprint density at radius 2 is 1.73 bits per heavy atom. The molecule has 2 aromatic carbocycles. The van der Waals surface area contributed by atoms with E-state index in [9.17, 15) is 24.6 Å². The number of rotatable bonds is 6. The molecule has 4 rings (SSSR count). The van der Waals surface area contributed by atoms with Crippen molar-refractivity contribution in [2.75, 3.05) is 0 Å². The summed E-state index contributed by atoms with van der Waals surface area (Å²) >= 11 is 0. The van der Waals surface area contributed by atoms with Gasteiger partial charge < -0.3 is 24.4 Å². The first-order valence-corrected chi connectivity index (χ1v) is 10.4. The number of carboxylic acids is 1. The SMILES string of the molecule is Cc1coc2c(C)c3oc(=O)c(CCC(=O)N[C@@H](C(=O)O)c4ccc(O)cc4)c(C)c3cc12. The minimum absolute atomic E-state index is 0.00848. The average molecular weight is 449 g/mol. The van der Waals surface area contributed by atoms with E-state index in [0.717, 1.165) is 21.9 Å². The number of aryl methyl sites for hydroxylation is 3. The Balaban J connectivity index is 1.59. The number of aliphatic carboxylic acids is 1. The summed E-state index contributed by atoms with van der Waals surface area (Å²) in [4.78, 5) is 36.9. The van der Waals surface area contributed by atoms with Crippen molar-refractivity contribution in [1.82, 2.24) is 5.32 Å². The van der Waals surface area contributed by atoms with Gasteiger partial charge in [0.1, 0.15) is 16.9 Å². The Morgan fingerprint density at radius 3 is 2.39 bits per heavy atom. The molecule has 2 aromatic heterocycles. The molecule has 0 fully saturated rings. The lowest BCUT2D eigenvalue weighted by molar-refractivity contribution is -0.142. The van der Waals surface area contributed by atoms with Gasteiger partial charge in [-0.15, -0.1) is 0 Å². The van der Waals surface area contributed by atoms with Gasteiger partial charge in [0.05, 0.1) is 6.26 Å². The third-order valence-electron chi connectivity index (χ3n) is 5.92. The van der Waals surface area contributed by atoms with Crippen LogP contribution in [0.3, 0.4) is 0 Å². The van der Waals surface area contributed by atoms with Crippen LogP contribution in [0.5, 0.6) is 5.75 Å². The molecule has 0 spiro atoms. The Bertz CT molecular complexity index is 1440. The maximum Gasteiger partial charge on any atom is 0.339 e. The summed E-state index contributed by atoms with van der Waals surface area (Å²) < 4.78 is 11.2. The molecule has 0 aliphatic carbocycles. The monoisotopic (exact) mass is 449 g/mol. The van der Waals surface area contributed by atoms with Crippen LogP contribution in [0.4, 0.5) is 0 Å². The van der Waals surface area contributed by atoms with Crippen molar-refractivity contribution < 1.29 is 28.6 Å². The van der Waals surface area contributed by atoms with Crippen LogP contribution in [0.2, 0.25) is 0 Å². The molecule has 3 N–H and O–H groups in total. The Kier molecular flexibility index (Phi) is 5.68. The van der Waals surface area contributed by atoms with E-state index in [4.69, 9.17) is 8.83 Å². The van der Waals surface area contributed by atoms with Crippen LogP contribution in [0.15, 0.2) is 50.2 Å². The average Bonchev–Trinajstić information content (AvgIpc) is 3.14. The first-order valence-electron chi connectivity index (χ1n) is 10.4. The Labute approximate surface area is 188 Å². The van der Waals surface area contributed by atoms with Crippen LogP contribution >= 0.6 is 0 Å². The molecule has 170 valence electrons. The quantitative estimate of drug-likeness (QED) is 0.379. The summed E-state index contributed by atoms with van der Waals surface area (Å²) in [6, 6.07) is 6.20. The molecule has 0 aliphatic rings. The van der Waals surface area contributed by atoms with Crippen LogP contribution < -0.4 is 10.9 Å². The lowest BCUT2D eigenvalue weighted by atomic mass is 9.98. The van der Waals surface area contributed by atoms with Gasteiger partial charge in [0, 0.05) is 28.3 Å². The molecule has 33 heavy (non-hydrogen) atoms. The minimum Gasteiger partial charge on any atom is -0.508 e. The van der Waals surface area contributed by atoms with Crippen LogP contribution in [-0.4, -0.2) is 22.1 Å². The molecule has 2 heterocycles. The summed E-state index contributed by atoms with van der Waals surface area (Å²) in [5.74, 6) is -1.76. The first kappa shape index (κ1) is 22.1. The van der Waals surface area contributed by atoms with Gasteiger partial charge in [0.25, 0.3) is 0 Å². The maximum atomic E-state index is 12.7. The number of carbonyl (C=O) groups is 2. The van der Waals surface area contributed by atoms with Gasteiger partial charge in [-0.25, -0.2) is 9.59 Å². The number of fused-ring (bicyclic) bond motifs is 2. The van der Waals surface area contributed by atoms with E-state index in [2.05, 4.69) is 5.32 Å². The Hall–Kier alpha value is -4.07. The molecule has 0 saturated carbocycles. The minimum atomic E-state index is -1.27. The second kappa shape index (κ2) is 8.46. The highest BCUT2D eigenvalue weighted by Gasteiger charge is 2.23. The zero-order chi connectivity index (χ0) is 23.9. The number of phenolic OH excluding ortho intramolecular Hbond substituents is 1. The number of hydrogen-bond acceptors (Lipinski definition) is 6. The van der Waals surface area contributed by atoms with Crippen LogP contribution in [0.25, 0.3) is 21.9 Å². The van der Waals surface area contributed by atoms with E-state index in [-0.39, 0.29) is 18.6 Å². The van der Waals surface area contributed by atoms with Crippen molar-refractivity contribution >= 4 is 33.8 Å². The zero-order valence-electron chi connectivity index (χ0n) is 18.4. The van der Waals surface area contributed by atoms with Crippen molar-refractivity contribution in [3.05, 3.63) is 74.8 Å². The van der Waals surface area contributed by atoms with Gasteiger partial charge in [0.2, 0.25) is 5.91 Å². The van der Waals surface area contributed by atoms with Gasteiger partial charge in [-0.3, -0.25) is 4.79 Å². The molecular formula is C25H23NO7. The number of benzene rings is 2. The lowest BCUT2D eigenvalue weighted by Crippen LogP contribution is -2.34. The highest BCUT2D eigenvalue weighted by Crippen LogP contribution is 2.32.